The summed E-state index contributed by atoms with van der Waals surface area (Å²) in [4.78, 5) is 9.32. The fourth-order valence-electron chi connectivity index (χ4n) is 2.10. The SMILES string of the molecule is CNCc1nc(C(C)C)nc2c1CCC2. The fourth-order valence-corrected chi connectivity index (χ4v) is 2.10. The average Bonchev–Trinajstić information content (AvgIpc) is 2.65. The highest BCUT2D eigenvalue weighted by molar-refractivity contribution is 5.30. The van der Waals surface area contributed by atoms with E-state index in [2.05, 4.69) is 29.1 Å². The van der Waals surface area contributed by atoms with Crippen molar-refractivity contribution >= 4 is 0 Å². The van der Waals surface area contributed by atoms with E-state index in [1.165, 1.54) is 23.4 Å². The van der Waals surface area contributed by atoms with Crippen LogP contribution in [0.3, 0.4) is 0 Å². The molecule has 1 aliphatic carbocycles. The molecular weight excluding hydrogens is 186 g/mol. The number of fused-ring (bicyclic) bond motifs is 1. The summed E-state index contributed by atoms with van der Waals surface area (Å²) in [5, 5.41) is 3.19. The van der Waals surface area contributed by atoms with Crippen molar-refractivity contribution in [3.63, 3.8) is 0 Å². The molecule has 1 heterocycles. The second kappa shape index (κ2) is 4.27. The Morgan fingerprint density at radius 3 is 2.73 bits per heavy atom. The van der Waals surface area contributed by atoms with E-state index in [9.17, 15) is 0 Å². The summed E-state index contributed by atoms with van der Waals surface area (Å²) in [5.41, 5.74) is 3.90. The molecular formula is C12H19N3. The first kappa shape index (κ1) is 10.6. The molecule has 3 heteroatoms. The molecule has 0 unspecified atom stereocenters. The molecule has 0 fully saturated rings. The van der Waals surface area contributed by atoms with E-state index in [0.717, 1.165) is 25.2 Å². The molecule has 1 aromatic heterocycles. The number of hydrogen-bond acceptors (Lipinski definition) is 3. The van der Waals surface area contributed by atoms with Gasteiger partial charge >= 0.3 is 0 Å². The first-order chi connectivity index (χ1) is 7.22. The van der Waals surface area contributed by atoms with Crippen molar-refractivity contribution in [1.29, 1.82) is 0 Å². The fraction of sp³-hybridized carbons (Fsp3) is 0.667. The molecule has 0 saturated heterocycles. The molecule has 1 N–H and O–H groups in total. The van der Waals surface area contributed by atoms with Gasteiger partial charge in [0.15, 0.2) is 0 Å². The maximum atomic E-state index is 4.66. The van der Waals surface area contributed by atoms with Crippen molar-refractivity contribution in [2.75, 3.05) is 7.05 Å². The molecule has 0 atom stereocenters. The summed E-state index contributed by atoms with van der Waals surface area (Å²) < 4.78 is 0. The molecule has 82 valence electrons. The summed E-state index contributed by atoms with van der Waals surface area (Å²) in [6, 6.07) is 0. The Kier molecular flexibility index (Phi) is 3.00. The molecule has 0 aromatic carbocycles. The third-order valence-electron chi connectivity index (χ3n) is 2.90. The average molecular weight is 205 g/mol. The quantitative estimate of drug-likeness (QED) is 0.817. The van der Waals surface area contributed by atoms with E-state index in [4.69, 9.17) is 0 Å². The molecule has 15 heavy (non-hydrogen) atoms. The third-order valence-corrected chi connectivity index (χ3v) is 2.90. The molecule has 0 radical (unpaired) electrons. The van der Waals surface area contributed by atoms with Gasteiger partial charge in [-0.2, -0.15) is 0 Å². The predicted molar refractivity (Wildman–Crippen MR) is 60.9 cm³/mol. The summed E-state index contributed by atoms with van der Waals surface area (Å²) in [5.74, 6) is 1.42. The van der Waals surface area contributed by atoms with Gasteiger partial charge in [-0.05, 0) is 31.9 Å². The van der Waals surface area contributed by atoms with Crippen molar-refractivity contribution in [2.24, 2.45) is 0 Å². The Labute approximate surface area is 91.3 Å². The minimum atomic E-state index is 0.423. The van der Waals surface area contributed by atoms with Crippen LogP contribution in [0.4, 0.5) is 0 Å². The monoisotopic (exact) mass is 205 g/mol. The molecule has 0 aliphatic heterocycles. The molecule has 0 spiro atoms. The summed E-state index contributed by atoms with van der Waals surface area (Å²) in [7, 11) is 1.97. The largest absolute Gasteiger partial charge is 0.314 e. The zero-order valence-electron chi connectivity index (χ0n) is 9.80. The van der Waals surface area contributed by atoms with Crippen molar-refractivity contribution < 1.29 is 0 Å². The van der Waals surface area contributed by atoms with E-state index in [-0.39, 0.29) is 0 Å². The van der Waals surface area contributed by atoms with E-state index in [0.29, 0.717) is 5.92 Å². The standard InChI is InChI=1S/C12H19N3/c1-8(2)12-14-10-6-4-5-9(10)11(15-12)7-13-3/h8,13H,4-7H2,1-3H3. The van der Waals surface area contributed by atoms with Gasteiger partial charge in [-0.25, -0.2) is 9.97 Å². The number of nitrogens with zero attached hydrogens (tertiary/aromatic N) is 2. The van der Waals surface area contributed by atoms with Gasteiger partial charge in [-0.3, -0.25) is 0 Å². The normalized spacial score (nSPS) is 14.7. The van der Waals surface area contributed by atoms with Crippen LogP contribution >= 0.6 is 0 Å². The lowest BCUT2D eigenvalue weighted by Gasteiger charge is -2.11. The van der Waals surface area contributed by atoms with Crippen molar-refractivity contribution in [2.45, 2.75) is 45.6 Å². The van der Waals surface area contributed by atoms with Gasteiger partial charge in [0.1, 0.15) is 5.82 Å². The van der Waals surface area contributed by atoms with Gasteiger partial charge in [0, 0.05) is 18.2 Å². The van der Waals surface area contributed by atoms with Crippen LogP contribution in [-0.2, 0) is 19.4 Å². The van der Waals surface area contributed by atoms with Gasteiger partial charge in [0.2, 0.25) is 0 Å². The smallest absolute Gasteiger partial charge is 0.131 e. The lowest BCUT2D eigenvalue weighted by atomic mass is 10.1. The highest BCUT2D eigenvalue weighted by atomic mass is 14.9. The molecule has 0 saturated carbocycles. The molecule has 3 nitrogen and oxygen atoms in total. The van der Waals surface area contributed by atoms with Gasteiger partial charge in [-0.15, -0.1) is 0 Å². The molecule has 1 aromatic rings. The Bertz CT molecular complexity index is 358. The van der Waals surface area contributed by atoms with Crippen LogP contribution in [0, 0.1) is 0 Å². The van der Waals surface area contributed by atoms with Crippen LogP contribution in [0.2, 0.25) is 0 Å². The lowest BCUT2D eigenvalue weighted by Crippen LogP contribution is -2.13. The van der Waals surface area contributed by atoms with Crippen LogP contribution < -0.4 is 5.32 Å². The highest BCUT2D eigenvalue weighted by Gasteiger charge is 2.19. The minimum Gasteiger partial charge on any atom is -0.314 e. The number of aromatic nitrogens is 2. The van der Waals surface area contributed by atoms with Crippen LogP contribution in [0.15, 0.2) is 0 Å². The van der Waals surface area contributed by atoms with Crippen molar-refractivity contribution in [1.82, 2.24) is 15.3 Å². The summed E-state index contributed by atoms with van der Waals surface area (Å²) in [6.45, 7) is 5.17. The van der Waals surface area contributed by atoms with Crippen molar-refractivity contribution in [3.05, 3.63) is 22.8 Å². The lowest BCUT2D eigenvalue weighted by molar-refractivity contribution is 0.713. The molecule has 0 amide bonds. The van der Waals surface area contributed by atoms with Crippen LogP contribution in [0.5, 0.6) is 0 Å². The third kappa shape index (κ3) is 2.02. The molecule has 1 aliphatic rings. The Morgan fingerprint density at radius 1 is 1.27 bits per heavy atom. The Morgan fingerprint density at radius 2 is 2.07 bits per heavy atom. The first-order valence-electron chi connectivity index (χ1n) is 5.75. The van der Waals surface area contributed by atoms with E-state index in [1.54, 1.807) is 0 Å². The molecule has 2 rings (SSSR count). The predicted octanol–water partition coefficient (Wildman–Crippen LogP) is 1.81. The zero-order chi connectivity index (χ0) is 10.8. The zero-order valence-corrected chi connectivity index (χ0v) is 9.80. The second-order valence-corrected chi connectivity index (χ2v) is 4.49. The summed E-state index contributed by atoms with van der Waals surface area (Å²) in [6.07, 6.45) is 3.53. The number of rotatable bonds is 3. The topological polar surface area (TPSA) is 37.8 Å². The van der Waals surface area contributed by atoms with E-state index in [1.807, 2.05) is 7.05 Å². The highest BCUT2D eigenvalue weighted by Crippen LogP contribution is 2.24. The second-order valence-electron chi connectivity index (χ2n) is 4.49. The number of aryl methyl sites for hydroxylation is 1. The maximum Gasteiger partial charge on any atom is 0.131 e. The molecule has 0 bridgehead atoms. The maximum absolute atomic E-state index is 4.66. The van der Waals surface area contributed by atoms with Crippen LogP contribution in [0.25, 0.3) is 0 Å². The first-order valence-corrected chi connectivity index (χ1v) is 5.75. The van der Waals surface area contributed by atoms with Gasteiger partial charge in [-0.1, -0.05) is 13.8 Å². The van der Waals surface area contributed by atoms with Gasteiger partial charge in [0.05, 0.1) is 5.69 Å². The van der Waals surface area contributed by atoms with E-state index >= 15 is 0 Å². The Balaban J connectivity index is 2.43. The van der Waals surface area contributed by atoms with Crippen molar-refractivity contribution in [3.8, 4) is 0 Å². The van der Waals surface area contributed by atoms with E-state index < -0.39 is 0 Å². The van der Waals surface area contributed by atoms with Gasteiger partial charge in [0.25, 0.3) is 0 Å². The Hall–Kier alpha value is -0.960. The minimum absolute atomic E-state index is 0.423. The van der Waals surface area contributed by atoms with Crippen LogP contribution in [-0.4, -0.2) is 17.0 Å². The summed E-state index contributed by atoms with van der Waals surface area (Å²) >= 11 is 0. The number of hydrogen-bond donors (Lipinski definition) is 1. The van der Waals surface area contributed by atoms with Gasteiger partial charge < -0.3 is 5.32 Å². The number of nitrogens with one attached hydrogen (secondary N) is 1. The van der Waals surface area contributed by atoms with Crippen LogP contribution in [0.1, 0.15) is 49.0 Å².